The number of nitrogens with zero attached hydrogens (tertiary/aromatic N) is 1. The molecule has 14 heavy (non-hydrogen) atoms. The van der Waals surface area contributed by atoms with E-state index in [2.05, 4.69) is 5.92 Å². The summed E-state index contributed by atoms with van der Waals surface area (Å²) in [5.74, 6) is 2.53. The summed E-state index contributed by atoms with van der Waals surface area (Å²) in [6.07, 6.45) is 6.61. The van der Waals surface area contributed by atoms with Gasteiger partial charge in [-0.25, -0.2) is 0 Å². The quantitative estimate of drug-likeness (QED) is 0.646. The minimum absolute atomic E-state index is 0.0754. The number of carbonyl (C=O) groups is 1. The molecule has 1 amide bonds. The zero-order valence-electron chi connectivity index (χ0n) is 8.99. The van der Waals surface area contributed by atoms with Gasteiger partial charge in [0.05, 0.1) is 0 Å². The second kappa shape index (κ2) is 7.40. The van der Waals surface area contributed by atoms with Gasteiger partial charge in [0.15, 0.2) is 0 Å². The molecule has 3 heteroatoms. The Kier molecular flexibility index (Phi) is 6.87. The summed E-state index contributed by atoms with van der Waals surface area (Å²) in [5, 5.41) is 8.68. The van der Waals surface area contributed by atoms with E-state index in [0.29, 0.717) is 25.8 Å². The molecule has 0 saturated heterocycles. The van der Waals surface area contributed by atoms with Crippen LogP contribution in [0.1, 0.15) is 33.1 Å². The van der Waals surface area contributed by atoms with Crippen molar-refractivity contribution in [1.29, 1.82) is 0 Å². The second-order valence-corrected chi connectivity index (χ2v) is 3.46. The average Bonchev–Trinajstić information content (AvgIpc) is 2.14. The molecule has 0 aromatic carbocycles. The van der Waals surface area contributed by atoms with E-state index >= 15 is 0 Å². The molecule has 1 N–H and O–H groups in total. The Morgan fingerprint density at radius 3 is 2.64 bits per heavy atom. The van der Waals surface area contributed by atoms with Crippen molar-refractivity contribution in [3.05, 3.63) is 0 Å². The zero-order valence-corrected chi connectivity index (χ0v) is 8.99. The fourth-order valence-electron chi connectivity index (χ4n) is 1.23. The van der Waals surface area contributed by atoms with E-state index in [4.69, 9.17) is 11.5 Å². The molecule has 0 unspecified atom stereocenters. The molecule has 80 valence electrons. The van der Waals surface area contributed by atoms with Crippen molar-refractivity contribution in [2.75, 3.05) is 13.2 Å². The zero-order chi connectivity index (χ0) is 11.0. The lowest BCUT2D eigenvalue weighted by Crippen LogP contribution is -2.37. The van der Waals surface area contributed by atoms with Crippen LogP contribution < -0.4 is 0 Å². The fourth-order valence-corrected chi connectivity index (χ4v) is 1.23. The van der Waals surface area contributed by atoms with Crippen LogP contribution in [-0.4, -0.2) is 35.1 Å². The number of amides is 1. The largest absolute Gasteiger partial charge is 0.396 e. The van der Waals surface area contributed by atoms with E-state index < -0.39 is 0 Å². The van der Waals surface area contributed by atoms with Crippen molar-refractivity contribution < 1.29 is 9.90 Å². The Labute approximate surface area is 86.1 Å². The minimum Gasteiger partial charge on any atom is -0.396 e. The van der Waals surface area contributed by atoms with Gasteiger partial charge in [0, 0.05) is 32.0 Å². The van der Waals surface area contributed by atoms with E-state index in [-0.39, 0.29) is 18.6 Å². The van der Waals surface area contributed by atoms with Crippen LogP contribution in [0.3, 0.4) is 0 Å². The van der Waals surface area contributed by atoms with Gasteiger partial charge in [0.1, 0.15) is 0 Å². The molecule has 3 nitrogen and oxygen atoms in total. The summed E-state index contributed by atoms with van der Waals surface area (Å²) < 4.78 is 0. The van der Waals surface area contributed by atoms with Crippen LogP contribution in [0.5, 0.6) is 0 Å². The first kappa shape index (κ1) is 13.0. The third kappa shape index (κ3) is 4.88. The summed E-state index contributed by atoms with van der Waals surface area (Å²) in [7, 11) is 0. The summed E-state index contributed by atoms with van der Waals surface area (Å²) in [5.41, 5.74) is 0. The van der Waals surface area contributed by atoms with Crippen LogP contribution in [0.15, 0.2) is 0 Å². The SMILES string of the molecule is C#CCCC(=O)N(CCCO)C(C)C. The number of hydrogen-bond donors (Lipinski definition) is 1. The number of aliphatic hydroxyl groups is 1. The highest BCUT2D eigenvalue weighted by Gasteiger charge is 2.14. The highest BCUT2D eigenvalue weighted by molar-refractivity contribution is 5.76. The van der Waals surface area contributed by atoms with Gasteiger partial charge in [0.25, 0.3) is 0 Å². The van der Waals surface area contributed by atoms with Crippen LogP contribution >= 0.6 is 0 Å². The fraction of sp³-hybridized carbons (Fsp3) is 0.727. The van der Waals surface area contributed by atoms with E-state index in [9.17, 15) is 4.79 Å². The molecular formula is C11H19NO2. The van der Waals surface area contributed by atoms with Crippen molar-refractivity contribution in [3.63, 3.8) is 0 Å². The molecule has 0 bridgehead atoms. The maximum Gasteiger partial charge on any atom is 0.223 e. The van der Waals surface area contributed by atoms with Gasteiger partial charge in [0.2, 0.25) is 5.91 Å². The normalized spacial score (nSPS) is 9.93. The molecule has 0 aromatic heterocycles. The molecular weight excluding hydrogens is 178 g/mol. The molecule has 0 spiro atoms. The highest BCUT2D eigenvalue weighted by Crippen LogP contribution is 2.04. The maximum atomic E-state index is 11.6. The standard InChI is InChI=1S/C11H19NO2/c1-4-5-7-11(14)12(10(2)3)8-6-9-13/h1,10,13H,5-9H2,2-3H3. The van der Waals surface area contributed by atoms with Gasteiger partial charge in [-0.3, -0.25) is 4.79 Å². The summed E-state index contributed by atoms with van der Waals surface area (Å²) in [4.78, 5) is 13.4. The second-order valence-electron chi connectivity index (χ2n) is 3.46. The monoisotopic (exact) mass is 197 g/mol. The summed E-state index contributed by atoms with van der Waals surface area (Å²) >= 11 is 0. The van der Waals surface area contributed by atoms with Crippen molar-refractivity contribution in [1.82, 2.24) is 4.90 Å². The molecule has 0 aliphatic rings. The molecule has 0 atom stereocenters. The van der Waals surface area contributed by atoms with Crippen LogP contribution in [0.25, 0.3) is 0 Å². The van der Waals surface area contributed by atoms with Gasteiger partial charge in [-0.15, -0.1) is 12.3 Å². The molecule has 0 aliphatic heterocycles. The number of rotatable bonds is 6. The molecule has 0 saturated carbocycles. The van der Waals surface area contributed by atoms with Gasteiger partial charge < -0.3 is 10.0 Å². The minimum atomic E-state index is 0.0754. The topological polar surface area (TPSA) is 40.5 Å². The van der Waals surface area contributed by atoms with E-state index in [0.717, 1.165) is 0 Å². The summed E-state index contributed by atoms with van der Waals surface area (Å²) in [6.45, 7) is 4.65. The van der Waals surface area contributed by atoms with E-state index in [1.807, 2.05) is 13.8 Å². The van der Waals surface area contributed by atoms with E-state index in [1.165, 1.54) is 0 Å². The van der Waals surface area contributed by atoms with Crippen molar-refractivity contribution in [3.8, 4) is 12.3 Å². The van der Waals surface area contributed by atoms with Gasteiger partial charge in [-0.05, 0) is 20.3 Å². The van der Waals surface area contributed by atoms with Crippen molar-refractivity contribution in [2.24, 2.45) is 0 Å². The van der Waals surface area contributed by atoms with E-state index in [1.54, 1.807) is 4.90 Å². The van der Waals surface area contributed by atoms with Gasteiger partial charge in [-0.2, -0.15) is 0 Å². The third-order valence-electron chi connectivity index (χ3n) is 1.98. The lowest BCUT2D eigenvalue weighted by atomic mass is 10.2. The Balaban J connectivity index is 4.06. The molecule has 0 aromatic rings. The maximum absolute atomic E-state index is 11.6. The number of terminal acetylenes is 1. The predicted octanol–water partition coefficient (Wildman–Crippen LogP) is 1.02. The lowest BCUT2D eigenvalue weighted by Gasteiger charge is -2.26. The van der Waals surface area contributed by atoms with Crippen LogP contribution in [0.4, 0.5) is 0 Å². The smallest absolute Gasteiger partial charge is 0.223 e. The molecule has 0 radical (unpaired) electrons. The number of hydrogen-bond acceptors (Lipinski definition) is 2. The number of carbonyl (C=O) groups excluding carboxylic acids is 1. The molecule has 0 rings (SSSR count). The van der Waals surface area contributed by atoms with Crippen molar-refractivity contribution >= 4 is 5.91 Å². The van der Waals surface area contributed by atoms with Crippen LogP contribution in [0.2, 0.25) is 0 Å². The lowest BCUT2D eigenvalue weighted by molar-refractivity contribution is -0.132. The Morgan fingerprint density at radius 2 is 2.21 bits per heavy atom. The number of aliphatic hydroxyl groups excluding tert-OH is 1. The first-order valence-corrected chi connectivity index (χ1v) is 4.97. The van der Waals surface area contributed by atoms with Crippen LogP contribution in [0, 0.1) is 12.3 Å². The van der Waals surface area contributed by atoms with Crippen molar-refractivity contribution in [2.45, 2.75) is 39.2 Å². The Hall–Kier alpha value is -1.01. The molecule has 0 heterocycles. The predicted molar refractivity (Wildman–Crippen MR) is 56.6 cm³/mol. The third-order valence-corrected chi connectivity index (χ3v) is 1.98. The first-order valence-electron chi connectivity index (χ1n) is 4.97. The van der Waals surface area contributed by atoms with Gasteiger partial charge >= 0.3 is 0 Å². The van der Waals surface area contributed by atoms with Crippen LogP contribution in [-0.2, 0) is 4.79 Å². The Morgan fingerprint density at radius 1 is 1.57 bits per heavy atom. The molecule has 0 fully saturated rings. The highest BCUT2D eigenvalue weighted by atomic mass is 16.3. The first-order chi connectivity index (χ1) is 6.63. The average molecular weight is 197 g/mol. The molecule has 0 aliphatic carbocycles. The summed E-state index contributed by atoms with van der Waals surface area (Å²) in [6, 6.07) is 0.173. The Bertz CT molecular complexity index is 206. The van der Waals surface area contributed by atoms with Gasteiger partial charge in [-0.1, -0.05) is 0 Å².